The van der Waals surface area contributed by atoms with E-state index in [-0.39, 0.29) is 17.9 Å². The van der Waals surface area contributed by atoms with Crippen LogP contribution in [0.25, 0.3) is 77.9 Å². The van der Waals surface area contributed by atoms with Crippen molar-refractivity contribution < 1.29 is 24.0 Å². The predicted octanol–water partition coefficient (Wildman–Crippen LogP) is 12.8. The fourth-order valence-corrected chi connectivity index (χ4v) is 9.76. The second-order valence-corrected chi connectivity index (χ2v) is 19.6. The highest BCUT2D eigenvalue weighted by Crippen LogP contribution is 2.42. The molecule has 441 valence electrons. The number of para-hydroxylation sites is 6. The summed E-state index contributed by atoms with van der Waals surface area (Å²) in [4.78, 5) is 68.0. The number of H-pyrrole nitrogens is 4. The summed E-state index contributed by atoms with van der Waals surface area (Å²) in [6.45, 7) is 2.89. The van der Waals surface area contributed by atoms with Crippen molar-refractivity contribution in [2.45, 2.75) is 19.9 Å². The van der Waals surface area contributed by atoms with E-state index in [2.05, 4.69) is 112 Å². The van der Waals surface area contributed by atoms with Gasteiger partial charge in [-0.3, -0.25) is 9.59 Å². The molecule has 0 aliphatic carbocycles. The molecule has 15 rings (SSSR count). The molecule has 0 bridgehead atoms. The molecule has 1 atom stereocenters. The molecule has 8 aromatic heterocycles. The van der Waals surface area contributed by atoms with Crippen LogP contribution < -0.4 is 31.1 Å². The molecule has 9 heterocycles. The summed E-state index contributed by atoms with van der Waals surface area (Å²) in [5.74, 6) is 1.02. The molecule has 0 saturated carbocycles. The van der Waals surface area contributed by atoms with Crippen LogP contribution in [-0.4, -0.2) is 91.4 Å². The van der Waals surface area contributed by atoms with Crippen molar-refractivity contribution in [2.24, 2.45) is 0 Å². The molecule has 0 spiro atoms. The predicted molar refractivity (Wildman–Crippen MR) is 350 cm³/mol. The molecular formula is C66H57BClN16O5. The summed E-state index contributed by atoms with van der Waals surface area (Å²) in [7, 11) is 2.23. The molecule has 0 saturated heterocycles. The number of benzene rings is 6. The number of nitrogens with one attached hydrogen (secondary N) is 7. The van der Waals surface area contributed by atoms with Gasteiger partial charge in [0, 0.05) is 83.0 Å². The van der Waals surface area contributed by atoms with Crippen molar-refractivity contribution in [3.05, 3.63) is 242 Å². The smallest absolute Gasteiger partial charge is 0.536 e. The summed E-state index contributed by atoms with van der Waals surface area (Å²) < 4.78 is 9.67. The molecule has 89 heavy (non-hydrogen) atoms. The van der Waals surface area contributed by atoms with Crippen LogP contribution in [-0.2, 0) is 9.59 Å². The van der Waals surface area contributed by atoms with Gasteiger partial charge in [-0.2, -0.15) is 0 Å². The molecule has 1 aliphatic heterocycles. The number of hydrogen-bond acceptors (Lipinski definition) is 15. The summed E-state index contributed by atoms with van der Waals surface area (Å²) in [6, 6.07) is 56.4. The Morgan fingerprint density at radius 2 is 1.02 bits per heavy atom. The fourth-order valence-electron chi connectivity index (χ4n) is 9.57. The molecule has 21 nitrogen and oxygen atoms in total. The van der Waals surface area contributed by atoms with Gasteiger partial charge in [0.05, 0.1) is 52.4 Å². The normalized spacial score (nSPS) is 11.5. The Hall–Kier alpha value is -11.7. The molecular weight excluding hydrogens is 1140 g/mol. The van der Waals surface area contributed by atoms with Gasteiger partial charge in [-0.25, -0.2) is 39.9 Å². The Morgan fingerprint density at radius 1 is 0.528 bits per heavy atom. The van der Waals surface area contributed by atoms with Crippen LogP contribution in [0.3, 0.4) is 0 Å². The van der Waals surface area contributed by atoms with Gasteiger partial charge in [-0.15, -0.1) is 0 Å². The van der Waals surface area contributed by atoms with Crippen molar-refractivity contribution in [3.8, 4) is 45.3 Å². The van der Waals surface area contributed by atoms with Gasteiger partial charge in [-0.05, 0) is 66.2 Å². The number of nitrogens with two attached hydrogens (primary N) is 1. The van der Waals surface area contributed by atoms with Gasteiger partial charge in [0.25, 0.3) is 0 Å². The third kappa shape index (κ3) is 14.9. The van der Waals surface area contributed by atoms with E-state index in [9.17, 15) is 9.59 Å². The number of anilines is 4. The number of hydrogen-bond donors (Lipinski definition) is 9. The lowest BCUT2D eigenvalue weighted by molar-refractivity contribution is -0.115. The third-order valence-corrected chi connectivity index (χ3v) is 13.8. The standard InChI is InChI=1S/C19H14N4.C14H12N4O.C12H10N4.C8H9BNO3.C7H8O.C6H4ClN3/c1-2-6-12(7-3-1)17-14-10-20-19-16(14)18(21-11-22-19)13-8-4-5-9-15(13)23-17;1-9(19)18-12-5-3-2-4-10(12)13-11-6-7-15-14(11)17-8-16-13;13-10-4-2-1-3-8(10)11-9-5-6-14-12(9)16-7-15-11;1-6(11)10-7-4-2-3-5-8(7)13-9-12;1-8-7-5-3-2-4-6-7;7-5-4-1-2-8-6(4)10-3-9-5/h1-11,17,23H,(H,20,21,22);2-8H,1H3,(H,18,19)(H,15,16,17);1-7H,13H2,(H,14,15,16);2-5,12H,1H3,(H,10,11);2-6H,1H3;1-3H,(H,8,9,10). The van der Waals surface area contributed by atoms with E-state index in [4.69, 9.17) is 31.7 Å². The lowest BCUT2D eigenvalue weighted by atomic mass is 9.99. The Labute approximate surface area is 515 Å². The molecule has 1 radical (unpaired) electrons. The van der Waals surface area contributed by atoms with Crippen molar-refractivity contribution in [3.63, 3.8) is 0 Å². The minimum atomic E-state index is -0.186. The first-order chi connectivity index (χ1) is 43.6. The number of fused-ring (bicyclic) bond motifs is 5. The number of aromatic amines is 4. The molecule has 6 aromatic carbocycles. The Bertz CT molecular complexity index is 4640. The van der Waals surface area contributed by atoms with Crippen LogP contribution in [0, 0.1) is 0 Å². The quantitative estimate of drug-likeness (QED) is 0.0388. The Balaban J connectivity index is 0.000000122. The highest BCUT2D eigenvalue weighted by molar-refractivity contribution is 6.33. The van der Waals surface area contributed by atoms with E-state index < -0.39 is 0 Å². The molecule has 1 aliphatic rings. The van der Waals surface area contributed by atoms with Crippen LogP contribution in [0.5, 0.6) is 11.5 Å². The van der Waals surface area contributed by atoms with E-state index in [1.807, 2.05) is 134 Å². The van der Waals surface area contributed by atoms with Crippen LogP contribution in [0.2, 0.25) is 5.15 Å². The summed E-state index contributed by atoms with van der Waals surface area (Å²) in [5, 5.41) is 21.9. The fraction of sp³-hybridized carbons (Fsp3) is 0.0606. The molecule has 2 amide bonds. The molecule has 14 aromatic rings. The molecule has 23 heteroatoms. The number of halogens is 1. The van der Waals surface area contributed by atoms with Crippen molar-refractivity contribution in [1.82, 2.24) is 59.8 Å². The highest BCUT2D eigenvalue weighted by atomic mass is 35.5. The van der Waals surface area contributed by atoms with Crippen molar-refractivity contribution >= 4 is 98.0 Å². The first kappa shape index (κ1) is 60.4. The first-order valence-corrected chi connectivity index (χ1v) is 28.0. The average Bonchev–Trinajstić information content (AvgIpc) is 1.65. The lowest BCUT2D eigenvalue weighted by Gasteiger charge is -2.19. The summed E-state index contributed by atoms with van der Waals surface area (Å²) >= 11 is 5.73. The lowest BCUT2D eigenvalue weighted by Crippen LogP contribution is -2.11. The van der Waals surface area contributed by atoms with Crippen LogP contribution in [0.4, 0.5) is 22.7 Å². The van der Waals surface area contributed by atoms with E-state index in [0.29, 0.717) is 24.3 Å². The minimum absolute atomic E-state index is 0.0679. The summed E-state index contributed by atoms with van der Waals surface area (Å²) in [5.41, 5.74) is 20.3. The number of amides is 2. The van der Waals surface area contributed by atoms with E-state index in [0.717, 1.165) is 101 Å². The Morgan fingerprint density at radius 3 is 1.63 bits per heavy atom. The summed E-state index contributed by atoms with van der Waals surface area (Å²) in [6.07, 6.45) is 13.6. The molecule has 10 N–H and O–H groups in total. The third-order valence-electron chi connectivity index (χ3n) is 13.5. The topological polar surface area (TPSA) is 301 Å². The van der Waals surface area contributed by atoms with Crippen molar-refractivity contribution in [2.75, 3.05) is 28.8 Å². The minimum Gasteiger partial charge on any atom is -0.536 e. The SMILES string of the molecule is CC(=O)Nc1ccccc1-c1ncnc2[nH]ccc12.CC(=O)Nc1ccccc1O[B]O.COc1ccccc1.Clc1ncnc2[nH]ccc12.Nc1ccccc1-c1ncnc2[nH]ccc12.c1ccc(C2Nc3ccccc3-c3ncnc4[nH]cc2c34)cc1. The van der Waals surface area contributed by atoms with E-state index in [1.165, 1.54) is 37.6 Å². The maximum Gasteiger partial charge on any atom is 0.569 e. The van der Waals surface area contributed by atoms with Crippen LogP contribution in [0.1, 0.15) is 31.0 Å². The second kappa shape index (κ2) is 29.4. The Kier molecular flexibility index (Phi) is 19.9. The zero-order chi connectivity index (χ0) is 61.9. The number of methoxy groups -OCH3 is 1. The zero-order valence-corrected chi connectivity index (χ0v) is 48.9. The van der Waals surface area contributed by atoms with E-state index in [1.54, 1.807) is 50.2 Å². The molecule has 0 fully saturated rings. The van der Waals surface area contributed by atoms with Crippen LogP contribution in [0.15, 0.2) is 226 Å². The maximum atomic E-state index is 11.3. The van der Waals surface area contributed by atoms with Gasteiger partial charge in [-0.1, -0.05) is 127 Å². The second-order valence-electron chi connectivity index (χ2n) is 19.3. The van der Waals surface area contributed by atoms with Gasteiger partial charge in [0.1, 0.15) is 64.6 Å². The van der Waals surface area contributed by atoms with Crippen LogP contribution >= 0.6 is 11.6 Å². The number of carbonyl (C=O) groups is 2. The van der Waals surface area contributed by atoms with Gasteiger partial charge >= 0.3 is 7.69 Å². The molecule has 1 unspecified atom stereocenters. The number of rotatable bonds is 8. The monoisotopic (exact) mass is 1200 g/mol. The highest BCUT2D eigenvalue weighted by Gasteiger charge is 2.26. The zero-order valence-electron chi connectivity index (χ0n) is 48.1. The number of nitrogen functional groups attached to an aromatic ring is 1. The number of ether oxygens (including phenoxy) is 1. The number of nitrogens with zero attached hydrogens (tertiary/aromatic N) is 8. The first-order valence-electron chi connectivity index (χ1n) is 27.6. The van der Waals surface area contributed by atoms with E-state index >= 15 is 0 Å². The largest absolute Gasteiger partial charge is 0.569 e. The number of aromatic nitrogens is 12. The van der Waals surface area contributed by atoms with Gasteiger partial charge < -0.3 is 56.0 Å². The van der Waals surface area contributed by atoms with Crippen molar-refractivity contribution in [1.29, 1.82) is 0 Å². The maximum absolute atomic E-state index is 11.3. The average molecular weight is 1200 g/mol. The van der Waals surface area contributed by atoms with Gasteiger partial charge in [0.15, 0.2) is 0 Å². The number of carbonyl (C=O) groups excluding carboxylic acids is 2. The van der Waals surface area contributed by atoms with Gasteiger partial charge in [0.2, 0.25) is 11.8 Å².